The second-order valence-electron chi connectivity index (χ2n) is 5.11. The fourth-order valence-electron chi connectivity index (χ4n) is 2.03. The van der Waals surface area contributed by atoms with Crippen molar-refractivity contribution in [3.05, 3.63) is 0 Å². The average Bonchev–Trinajstić information content (AvgIpc) is 2.66. The van der Waals surface area contributed by atoms with Crippen molar-refractivity contribution < 1.29 is 4.74 Å². The Bertz CT molecular complexity index is 178. The molecular weight excluding hydrogens is 206 g/mol. The van der Waals surface area contributed by atoms with Crippen molar-refractivity contribution in [1.29, 1.82) is 0 Å². The van der Waals surface area contributed by atoms with Crippen LogP contribution in [-0.4, -0.2) is 36.3 Å². The summed E-state index contributed by atoms with van der Waals surface area (Å²) in [6.45, 7) is 7.71. The molecule has 2 atom stereocenters. The number of hydrogen-bond acceptors (Lipinski definition) is 3. The van der Waals surface area contributed by atoms with Crippen LogP contribution in [0.2, 0.25) is 0 Å². The highest BCUT2D eigenvalue weighted by molar-refractivity contribution is 8.00. The highest BCUT2D eigenvalue weighted by Gasteiger charge is 2.21. The third-order valence-corrected chi connectivity index (χ3v) is 4.47. The van der Waals surface area contributed by atoms with Gasteiger partial charge in [0.2, 0.25) is 0 Å². The Kier molecular flexibility index (Phi) is 5.44. The minimum absolute atomic E-state index is 0.00473. The first-order chi connectivity index (χ1) is 7.03. The maximum absolute atomic E-state index is 5.43. The van der Waals surface area contributed by atoms with E-state index in [9.17, 15) is 0 Å². The summed E-state index contributed by atoms with van der Waals surface area (Å²) in [7, 11) is 1.79. The first-order valence-electron chi connectivity index (χ1n) is 5.93. The van der Waals surface area contributed by atoms with E-state index >= 15 is 0 Å². The zero-order valence-corrected chi connectivity index (χ0v) is 11.3. The van der Waals surface area contributed by atoms with Crippen LogP contribution in [0.15, 0.2) is 0 Å². The van der Waals surface area contributed by atoms with Crippen LogP contribution in [0.1, 0.15) is 40.0 Å². The normalized spacial score (nSPS) is 24.4. The average molecular weight is 231 g/mol. The van der Waals surface area contributed by atoms with Crippen molar-refractivity contribution in [1.82, 2.24) is 5.32 Å². The highest BCUT2D eigenvalue weighted by Crippen LogP contribution is 2.25. The van der Waals surface area contributed by atoms with Crippen molar-refractivity contribution in [2.24, 2.45) is 0 Å². The number of methoxy groups -OCH3 is 1. The van der Waals surface area contributed by atoms with Gasteiger partial charge in [-0.2, -0.15) is 11.8 Å². The Balaban J connectivity index is 2.15. The summed E-state index contributed by atoms with van der Waals surface area (Å²) in [5.41, 5.74) is -0.00473. The van der Waals surface area contributed by atoms with Gasteiger partial charge in [0, 0.05) is 24.9 Å². The quantitative estimate of drug-likeness (QED) is 0.759. The summed E-state index contributed by atoms with van der Waals surface area (Å²) in [6.07, 6.45) is 3.86. The molecule has 90 valence electrons. The minimum Gasteiger partial charge on any atom is -0.379 e. The molecule has 1 aliphatic heterocycles. The SMILES string of the molecule is COC(C)(C)CC(C)NCC1CCCS1. The van der Waals surface area contributed by atoms with Gasteiger partial charge < -0.3 is 10.1 Å². The predicted molar refractivity (Wildman–Crippen MR) is 68.6 cm³/mol. The second kappa shape index (κ2) is 6.12. The minimum atomic E-state index is -0.00473. The molecule has 1 saturated heterocycles. The van der Waals surface area contributed by atoms with E-state index in [1.54, 1.807) is 7.11 Å². The molecule has 15 heavy (non-hydrogen) atoms. The van der Waals surface area contributed by atoms with Crippen molar-refractivity contribution >= 4 is 11.8 Å². The molecule has 0 radical (unpaired) electrons. The molecule has 0 saturated carbocycles. The van der Waals surface area contributed by atoms with Crippen LogP contribution >= 0.6 is 11.8 Å². The van der Waals surface area contributed by atoms with Crippen molar-refractivity contribution in [2.45, 2.75) is 56.9 Å². The lowest BCUT2D eigenvalue weighted by molar-refractivity contribution is 0.00863. The Hall–Kier alpha value is 0.270. The summed E-state index contributed by atoms with van der Waals surface area (Å²) in [5, 5.41) is 4.46. The van der Waals surface area contributed by atoms with Gasteiger partial charge in [-0.15, -0.1) is 0 Å². The van der Waals surface area contributed by atoms with Gasteiger partial charge in [0.1, 0.15) is 0 Å². The van der Waals surface area contributed by atoms with Crippen LogP contribution in [0.5, 0.6) is 0 Å². The Morgan fingerprint density at radius 2 is 2.27 bits per heavy atom. The predicted octanol–water partition coefficient (Wildman–Crippen LogP) is 2.68. The molecule has 0 amide bonds. The Morgan fingerprint density at radius 1 is 1.53 bits per heavy atom. The molecule has 2 nitrogen and oxygen atoms in total. The van der Waals surface area contributed by atoms with Crippen LogP contribution < -0.4 is 5.32 Å². The van der Waals surface area contributed by atoms with Crippen LogP contribution in [0, 0.1) is 0 Å². The third-order valence-electron chi connectivity index (χ3n) is 3.07. The zero-order valence-electron chi connectivity index (χ0n) is 10.5. The molecule has 0 aliphatic carbocycles. The molecule has 1 N–H and O–H groups in total. The number of ether oxygens (including phenoxy) is 1. The fraction of sp³-hybridized carbons (Fsp3) is 1.00. The van der Waals surface area contributed by atoms with Gasteiger partial charge >= 0.3 is 0 Å². The lowest BCUT2D eigenvalue weighted by Crippen LogP contribution is -2.38. The van der Waals surface area contributed by atoms with E-state index < -0.39 is 0 Å². The molecule has 1 fully saturated rings. The Morgan fingerprint density at radius 3 is 2.80 bits per heavy atom. The van der Waals surface area contributed by atoms with Gasteiger partial charge in [-0.05, 0) is 45.8 Å². The molecule has 1 heterocycles. The maximum atomic E-state index is 5.43. The summed E-state index contributed by atoms with van der Waals surface area (Å²) < 4.78 is 5.43. The largest absolute Gasteiger partial charge is 0.379 e. The summed E-state index contributed by atoms with van der Waals surface area (Å²) in [5.74, 6) is 1.35. The van der Waals surface area contributed by atoms with Gasteiger partial charge in [0.05, 0.1) is 5.60 Å². The number of nitrogens with one attached hydrogen (secondary N) is 1. The van der Waals surface area contributed by atoms with Gasteiger partial charge in [0.25, 0.3) is 0 Å². The summed E-state index contributed by atoms with van der Waals surface area (Å²) in [4.78, 5) is 0. The van der Waals surface area contributed by atoms with Gasteiger partial charge in [-0.25, -0.2) is 0 Å². The van der Waals surface area contributed by atoms with Gasteiger partial charge in [0.15, 0.2) is 0 Å². The molecule has 2 unspecified atom stereocenters. The number of hydrogen-bond donors (Lipinski definition) is 1. The second-order valence-corrected chi connectivity index (χ2v) is 6.52. The van der Waals surface area contributed by atoms with Crippen LogP contribution in [0.3, 0.4) is 0 Å². The van der Waals surface area contributed by atoms with Crippen LogP contribution in [0.25, 0.3) is 0 Å². The highest BCUT2D eigenvalue weighted by atomic mass is 32.2. The lowest BCUT2D eigenvalue weighted by atomic mass is 10.00. The van der Waals surface area contributed by atoms with Gasteiger partial charge in [-0.1, -0.05) is 0 Å². The molecule has 1 rings (SSSR count). The molecule has 0 aromatic heterocycles. The first kappa shape index (κ1) is 13.3. The zero-order chi connectivity index (χ0) is 11.3. The van der Waals surface area contributed by atoms with Gasteiger partial charge in [-0.3, -0.25) is 0 Å². The smallest absolute Gasteiger partial charge is 0.0637 e. The van der Waals surface area contributed by atoms with E-state index in [-0.39, 0.29) is 5.60 Å². The van der Waals surface area contributed by atoms with E-state index in [1.165, 1.54) is 18.6 Å². The maximum Gasteiger partial charge on any atom is 0.0637 e. The summed E-state index contributed by atoms with van der Waals surface area (Å²) in [6, 6.07) is 0.543. The van der Waals surface area contributed by atoms with Crippen LogP contribution in [-0.2, 0) is 4.74 Å². The summed E-state index contributed by atoms with van der Waals surface area (Å²) >= 11 is 2.11. The number of thioether (sulfide) groups is 1. The monoisotopic (exact) mass is 231 g/mol. The van der Waals surface area contributed by atoms with E-state index in [0.29, 0.717) is 6.04 Å². The lowest BCUT2D eigenvalue weighted by Gasteiger charge is -2.27. The molecule has 0 bridgehead atoms. The topological polar surface area (TPSA) is 21.3 Å². The molecular formula is C12H25NOS. The fourth-order valence-corrected chi connectivity index (χ4v) is 3.24. The van der Waals surface area contributed by atoms with E-state index in [0.717, 1.165) is 18.2 Å². The van der Waals surface area contributed by atoms with E-state index in [4.69, 9.17) is 4.74 Å². The van der Waals surface area contributed by atoms with Crippen molar-refractivity contribution in [3.8, 4) is 0 Å². The molecule has 0 spiro atoms. The molecule has 0 aromatic carbocycles. The van der Waals surface area contributed by atoms with E-state index in [1.807, 2.05) is 0 Å². The Labute approximate surface area is 98.5 Å². The van der Waals surface area contributed by atoms with Crippen molar-refractivity contribution in [3.63, 3.8) is 0 Å². The molecule has 3 heteroatoms. The number of rotatable bonds is 6. The third kappa shape index (κ3) is 5.23. The standard InChI is InChI=1S/C12H25NOS/c1-10(8-12(2,3)14-4)13-9-11-6-5-7-15-11/h10-11,13H,5-9H2,1-4H3. The van der Waals surface area contributed by atoms with E-state index in [2.05, 4.69) is 37.8 Å². The molecule has 1 aliphatic rings. The first-order valence-corrected chi connectivity index (χ1v) is 6.98. The molecule has 0 aromatic rings. The van der Waals surface area contributed by atoms with Crippen molar-refractivity contribution in [2.75, 3.05) is 19.4 Å². The van der Waals surface area contributed by atoms with Crippen LogP contribution in [0.4, 0.5) is 0 Å².